The number of aromatic nitrogens is 1. The lowest BCUT2D eigenvalue weighted by atomic mass is 10.2. The van der Waals surface area contributed by atoms with Crippen molar-refractivity contribution in [3.63, 3.8) is 0 Å². The van der Waals surface area contributed by atoms with Gasteiger partial charge in [-0.15, -0.1) is 0 Å². The second-order valence-corrected chi connectivity index (χ2v) is 3.84. The van der Waals surface area contributed by atoms with E-state index in [-0.39, 0.29) is 0 Å². The quantitative estimate of drug-likeness (QED) is 0.631. The molecule has 1 aromatic carbocycles. The van der Waals surface area contributed by atoms with Gasteiger partial charge in [-0.3, -0.25) is 9.82 Å². The molecule has 0 amide bonds. The molecule has 2 aromatic rings. The Labute approximate surface area is 101 Å². The van der Waals surface area contributed by atoms with Gasteiger partial charge in [0, 0.05) is 18.4 Å². The number of pyridine rings is 1. The Morgan fingerprint density at radius 2 is 1.94 bits per heavy atom. The highest BCUT2D eigenvalue weighted by molar-refractivity contribution is 5.17. The molecule has 0 radical (unpaired) electrons. The number of benzene rings is 1. The van der Waals surface area contributed by atoms with E-state index in [1.807, 2.05) is 49.4 Å². The van der Waals surface area contributed by atoms with Gasteiger partial charge in [0.05, 0.1) is 6.61 Å². The van der Waals surface area contributed by atoms with Crippen LogP contribution in [-0.2, 0) is 18.0 Å². The zero-order chi connectivity index (χ0) is 11.9. The monoisotopic (exact) mass is 228 g/mol. The van der Waals surface area contributed by atoms with E-state index in [2.05, 4.69) is 10.5 Å². The van der Waals surface area contributed by atoms with E-state index in [1.54, 1.807) is 6.20 Å². The molecule has 0 aliphatic heterocycles. The summed E-state index contributed by atoms with van der Waals surface area (Å²) in [7, 11) is 0. The number of nitrogens with one attached hydrogen (secondary N) is 1. The van der Waals surface area contributed by atoms with Gasteiger partial charge in [0.2, 0.25) is 0 Å². The van der Waals surface area contributed by atoms with Crippen molar-refractivity contribution in [2.45, 2.75) is 20.1 Å². The highest BCUT2D eigenvalue weighted by Gasteiger charge is 1.97. The molecule has 17 heavy (non-hydrogen) atoms. The van der Waals surface area contributed by atoms with Gasteiger partial charge in [0.25, 0.3) is 0 Å². The first-order valence-electron chi connectivity index (χ1n) is 5.65. The molecule has 0 fully saturated rings. The van der Waals surface area contributed by atoms with Gasteiger partial charge in [-0.1, -0.05) is 36.4 Å². The molecule has 0 aliphatic carbocycles. The smallest absolute Gasteiger partial charge is 0.0933 e. The average Bonchev–Trinajstić information content (AvgIpc) is 2.38. The second kappa shape index (κ2) is 6.13. The van der Waals surface area contributed by atoms with Crippen LogP contribution in [0.5, 0.6) is 0 Å². The van der Waals surface area contributed by atoms with E-state index in [1.165, 1.54) is 0 Å². The first-order chi connectivity index (χ1) is 8.36. The fourth-order valence-corrected chi connectivity index (χ4v) is 1.54. The fraction of sp³-hybridized carbons (Fsp3) is 0.214. The SMILES string of the molecule is Cc1ncccc1CNOCc1ccccc1. The van der Waals surface area contributed by atoms with Crippen LogP contribution in [0.2, 0.25) is 0 Å². The molecule has 88 valence electrons. The normalized spacial score (nSPS) is 10.4. The Bertz CT molecular complexity index is 457. The van der Waals surface area contributed by atoms with Crippen molar-refractivity contribution >= 4 is 0 Å². The summed E-state index contributed by atoms with van der Waals surface area (Å²) < 4.78 is 0. The molecule has 3 heteroatoms. The van der Waals surface area contributed by atoms with Crippen LogP contribution in [0.25, 0.3) is 0 Å². The van der Waals surface area contributed by atoms with Crippen molar-refractivity contribution in [1.82, 2.24) is 10.5 Å². The second-order valence-electron chi connectivity index (χ2n) is 3.84. The van der Waals surface area contributed by atoms with Crippen LogP contribution in [0.4, 0.5) is 0 Å². The molecule has 1 N–H and O–H groups in total. The van der Waals surface area contributed by atoms with Crippen molar-refractivity contribution in [2.24, 2.45) is 0 Å². The van der Waals surface area contributed by atoms with Crippen LogP contribution >= 0.6 is 0 Å². The minimum absolute atomic E-state index is 0.570. The Balaban J connectivity index is 1.76. The molecule has 1 heterocycles. The number of hydrogen-bond donors (Lipinski definition) is 1. The van der Waals surface area contributed by atoms with E-state index in [0.717, 1.165) is 16.8 Å². The first-order valence-corrected chi connectivity index (χ1v) is 5.65. The lowest BCUT2D eigenvalue weighted by Crippen LogP contribution is -2.14. The molecule has 0 unspecified atom stereocenters. The summed E-state index contributed by atoms with van der Waals surface area (Å²) in [6.45, 7) is 3.24. The maximum absolute atomic E-state index is 5.40. The Hall–Kier alpha value is -1.71. The zero-order valence-electron chi connectivity index (χ0n) is 9.89. The fourth-order valence-electron chi connectivity index (χ4n) is 1.54. The number of nitrogens with zero attached hydrogens (tertiary/aromatic N) is 1. The maximum Gasteiger partial charge on any atom is 0.0933 e. The molecule has 2 rings (SSSR count). The van der Waals surface area contributed by atoms with E-state index in [4.69, 9.17) is 4.84 Å². The minimum atomic E-state index is 0.570. The molecular formula is C14H16N2O. The zero-order valence-corrected chi connectivity index (χ0v) is 9.89. The van der Waals surface area contributed by atoms with Gasteiger partial charge < -0.3 is 0 Å². The summed E-state index contributed by atoms with van der Waals surface area (Å²) in [6.07, 6.45) is 1.80. The largest absolute Gasteiger partial charge is 0.297 e. The van der Waals surface area contributed by atoms with Crippen molar-refractivity contribution in [3.05, 3.63) is 65.5 Å². The predicted octanol–water partition coefficient (Wildman–Crippen LogP) is 2.61. The Morgan fingerprint density at radius 3 is 2.71 bits per heavy atom. The van der Waals surface area contributed by atoms with Gasteiger partial charge >= 0.3 is 0 Å². The summed E-state index contributed by atoms with van der Waals surface area (Å²) >= 11 is 0. The number of hydrogen-bond acceptors (Lipinski definition) is 3. The highest BCUT2D eigenvalue weighted by Crippen LogP contribution is 2.03. The van der Waals surface area contributed by atoms with Crippen LogP contribution in [0.3, 0.4) is 0 Å². The maximum atomic E-state index is 5.40. The summed E-state index contributed by atoms with van der Waals surface area (Å²) in [5.41, 5.74) is 6.29. The van der Waals surface area contributed by atoms with Crippen LogP contribution in [0.1, 0.15) is 16.8 Å². The minimum Gasteiger partial charge on any atom is -0.297 e. The number of aryl methyl sites for hydroxylation is 1. The van der Waals surface area contributed by atoms with Crippen molar-refractivity contribution in [3.8, 4) is 0 Å². The van der Waals surface area contributed by atoms with Crippen LogP contribution in [-0.4, -0.2) is 4.98 Å². The van der Waals surface area contributed by atoms with Gasteiger partial charge in [-0.25, -0.2) is 0 Å². The topological polar surface area (TPSA) is 34.2 Å². The van der Waals surface area contributed by atoms with Crippen molar-refractivity contribution in [2.75, 3.05) is 0 Å². The molecular weight excluding hydrogens is 212 g/mol. The lowest BCUT2D eigenvalue weighted by Gasteiger charge is -2.07. The molecule has 0 spiro atoms. The first kappa shape index (κ1) is 11.8. The molecule has 0 atom stereocenters. The van der Waals surface area contributed by atoms with Crippen molar-refractivity contribution in [1.29, 1.82) is 0 Å². The van der Waals surface area contributed by atoms with E-state index in [0.29, 0.717) is 13.2 Å². The standard InChI is InChI=1S/C14H16N2O/c1-12-14(8-5-9-15-12)10-16-17-11-13-6-3-2-4-7-13/h2-9,16H,10-11H2,1H3. The van der Waals surface area contributed by atoms with Gasteiger partial charge in [0.1, 0.15) is 0 Å². The van der Waals surface area contributed by atoms with E-state index in [9.17, 15) is 0 Å². The number of rotatable bonds is 5. The summed E-state index contributed by atoms with van der Waals surface area (Å²) in [6, 6.07) is 14.1. The lowest BCUT2D eigenvalue weighted by molar-refractivity contribution is 0.0233. The summed E-state index contributed by atoms with van der Waals surface area (Å²) in [5.74, 6) is 0. The van der Waals surface area contributed by atoms with Gasteiger partial charge in [-0.2, -0.15) is 5.48 Å². The predicted molar refractivity (Wildman–Crippen MR) is 67.0 cm³/mol. The summed E-state index contributed by atoms with van der Waals surface area (Å²) in [5, 5.41) is 0. The van der Waals surface area contributed by atoms with Crippen LogP contribution < -0.4 is 5.48 Å². The third-order valence-electron chi connectivity index (χ3n) is 2.56. The molecule has 0 aliphatic rings. The van der Waals surface area contributed by atoms with Crippen LogP contribution in [0, 0.1) is 6.92 Å². The van der Waals surface area contributed by atoms with Gasteiger partial charge in [-0.05, 0) is 24.1 Å². The average molecular weight is 228 g/mol. The molecule has 3 nitrogen and oxygen atoms in total. The van der Waals surface area contributed by atoms with E-state index >= 15 is 0 Å². The van der Waals surface area contributed by atoms with Gasteiger partial charge in [0.15, 0.2) is 0 Å². The Kier molecular flexibility index (Phi) is 4.24. The molecule has 0 bridgehead atoms. The Morgan fingerprint density at radius 1 is 1.12 bits per heavy atom. The van der Waals surface area contributed by atoms with Crippen molar-refractivity contribution < 1.29 is 4.84 Å². The summed E-state index contributed by atoms with van der Waals surface area (Å²) in [4.78, 5) is 9.62. The molecule has 0 saturated heterocycles. The molecule has 0 saturated carbocycles. The van der Waals surface area contributed by atoms with E-state index < -0.39 is 0 Å². The number of hydroxylamine groups is 1. The third-order valence-corrected chi connectivity index (χ3v) is 2.56. The molecule has 1 aromatic heterocycles. The third kappa shape index (κ3) is 3.66. The highest BCUT2D eigenvalue weighted by atomic mass is 16.6. The van der Waals surface area contributed by atoms with Crippen LogP contribution in [0.15, 0.2) is 48.7 Å².